The summed E-state index contributed by atoms with van der Waals surface area (Å²) in [5.41, 5.74) is 0.670. The number of sulfonamides is 1. The molecule has 0 bridgehead atoms. The first-order valence-corrected chi connectivity index (χ1v) is 9.57. The molecule has 0 unspecified atom stereocenters. The van der Waals surface area contributed by atoms with Gasteiger partial charge in [-0.05, 0) is 24.3 Å². The molecule has 152 valence electrons. The molecule has 0 spiro atoms. The summed E-state index contributed by atoms with van der Waals surface area (Å²) in [7, 11) is 1.90. The lowest BCUT2D eigenvalue weighted by atomic mass is 10.1. The largest absolute Gasteiger partial charge is 0.496 e. The van der Waals surface area contributed by atoms with E-state index in [9.17, 15) is 13.2 Å². The summed E-state index contributed by atoms with van der Waals surface area (Å²) in [6, 6.07) is 7.11. The fraction of sp³-hybridized carbons (Fsp3) is 0.278. The molecule has 0 fully saturated rings. The summed E-state index contributed by atoms with van der Waals surface area (Å²) in [4.78, 5) is 12.4. The van der Waals surface area contributed by atoms with Crippen LogP contribution in [0.3, 0.4) is 0 Å². The highest BCUT2D eigenvalue weighted by Crippen LogP contribution is 2.34. The molecule has 2 aromatic rings. The number of hydrogen-bond donors (Lipinski definition) is 2. The number of methoxy groups -OCH3 is 4. The first kappa shape index (κ1) is 21.3. The molecule has 0 aliphatic rings. The molecule has 0 radical (unpaired) electrons. The van der Waals surface area contributed by atoms with Gasteiger partial charge in [0.25, 0.3) is 5.91 Å². The fourth-order valence-electron chi connectivity index (χ4n) is 2.54. The third-order valence-electron chi connectivity index (χ3n) is 3.97. The molecule has 1 amide bonds. The van der Waals surface area contributed by atoms with Crippen LogP contribution in [-0.4, -0.2) is 42.8 Å². The van der Waals surface area contributed by atoms with Gasteiger partial charge in [0.05, 0.1) is 38.9 Å². The number of benzene rings is 2. The molecule has 0 saturated carbocycles. The smallest absolute Gasteiger partial charge is 0.255 e. The normalized spacial score (nSPS) is 10.9. The van der Waals surface area contributed by atoms with E-state index in [2.05, 4.69) is 5.32 Å². The molecular weight excluding hydrogens is 388 g/mol. The predicted molar refractivity (Wildman–Crippen MR) is 102 cm³/mol. The van der Waals surface area contributed by atoms with E-state index in [0.717, 1.165) is 6.07 Å². The highest BCUT2D eigenvalue weighted by Gasteiger charge is 2.18. The van der Waals surface area contributed by atoms with Gasteiger partial charge in [0.15, 0.2) is 11.5 Å². The molecule has 3 N–H and O–H groups in total. The summed E-state index contributed by atoms with van der Waals surface area (Å²) >= 11 is 0. The van der Waals surface area contributed by atoms with E-state index in [0.29, 0.717) is 22.8 Å². The SMILES string of the molecule is COc1cc(OC)c(OC)cc1CNC(=O)c1cc(S(N)(=O)=O)ccc1OC. The third kappa shape index (κ3) is 4.65. The number of nitrogens with one attached hydrogen (secondary N) is 1. The van der Waals surface area contributed by atoms with E-state index in [1.54, 1.807) is 12.1 Å². The van der Waals surface area contributed by atoms with Crippen molar-refractivity contribution in [2.45, 2.75) is 11.4 Å². The van der Waals surface area contributed by atoms with Crippen molar-refractivity contribution < 1.29 is 32.2 Å². The molecule has 0 heterocycles. The Balaban J connectivity index is 2.32. The molecule has 9 nitrogen and oxygen atoms in total. The second-order valence-electron chi connectivity index (χ2n) is 5.61. The van der Waals surface area contributed by atoms with Gasteiger partial charge in [-0.15, -0.1) is 0 Å². The zero-order valence-electron chi connectivity index (χ0n) is 15.9. The number of carbonyl (C=O) groups excluding carboxylic acids is 1. The van der Waals surface area contributed by atoms with Crippen molar-refractivity contribution in [3.63, 3.8) is 0 Å². The maximum Gasteiger partial charge on any atom is 0.255 e. The van der Waals surface area contributed by atoms with Crippen molar-refractivity contribution in [1.29, 1.82) is 0 Å². The van der Waals surface area contributed by atoms with Gasteiger partial charge in [-0.1, -0.05) is 0 Å². The minimum atomic E-state index is -3.96. The van der Waals surface area contributed by atoms with E-state index in [4.69, 9.17) is 24.1 Å². The molecule has 2 aromatic carbocycles. The first-order valence-electron chi connectivity index (χ1n) is 8.03. The average molecular weight is 410 g/mol. The van der Waals surface area contributed by atoms with Crippen molar-refractivity contribution >= 4 is 15.9 Å². The lowest BCUT2D eigenvalue weighted by Gasteiger charge is -2.15. The topological polar surface area (TPSA) is 126 Å². The van der Waals surface area contributed by atoms with Gasteiger partial charge >= 0.3 is 0 Å². The van der Waals surface area contributed by atoms with Gasteiger partial charge in [0, 0.05) is 18.2 Å². The number of hydrogen-bond acceptors (Lipinski definition) is 7. The van der Waals surface area contributed by atoms with E-state index in [-0.39, 0.29) is 22.8 Å². The third-order valence-corrected chi connectivity index (χ3v) is 4.88. The number of ether oxygens (including phenoxy) is 4. The highest BCUT2D eigenvalue weighted by molar-refractivity contribution is 7.89. The van der Waals surface area contributed by atoms with Gasteiger partial charge in [-0.25, -0.2) is 13.6 Å². The molecule has 0 aliphatic heterocycles. The lowest BCUT2D eigenvalue weighted by molar-refractivity contribution is 0.0947. The van der Waals surface area contributed by atoms with Crippen molar-refractivity contribution in [3.8, 4) is 23.0 Å². The van der Waals surface area contributed by atoms with E-state index < -0.39 is 15.9 Å². The molecule has 0 atom stereocenters. The summed E-state index contributed by atoms with van der Waals surface area (Å²) in [6.45, 7) is 0.0884. The Labute approximate surface area is 163 Å². The van der Waals surface area contributed by atoms with Gasteiger partial charge in [-0.2, -0.15) is 0 Å². The number of primary sulfonamides is 1. The van der Waals surface area contributed by atoms with Crippen molar-refractivity contribution in [1.82, 2.24) is 5.32 Å². The van der Waals surface area contributed by atoms with Crippen molar-refractivity contribution in [2.24, 2.45) is 5.14 Å². The van der Waals surface area contributed by atoms with Crippen LogP contribution < -0.4 is 29.4 Å². The van der Waals surface area contributed by atoms with Crippen LogP contribution in [0.15, 0.2) is 35.2 Å². The quantitative estimate of drug-likeness (QED) is 0.672. The van der Waals surface area contributed by atoms with E-state index in [1.807, 2.05) is 0 Å². The maximum absolute atomic E-state index is 12.6. The molecule has 0 saturated heterocycles. The second-order valence-corrected chi connectivity index (χ2v) is 7.17. The predicted octanol–water partition coefficient (Wildman–Crippen LogP) is 1.30. The minimum Gasteiger partial charge on any atom is -0.496 e. The summed E-state index contributed by atoms with van der Waals surface area (Å²) in [6.07, 6.45) is 0. The number of amides is 1. The zero-order valence-corrected chi connectivity index (χ0v) is 16.8. The second kappa shape index (κ2) is 8.81. The van der Waals surface area contributed by atoms with E-state index in [1.165, 1.54) is 40.6 Å². The molecule has 28 heavy (non-hydrogen) atoms. The Hall–Kier alpha value is -2.98. The van der Waals surface area contributed by atoms with Crippen LogP contribution in [0.4, 0.5) is 0 Å². The molecule has 0 aromatic heterocycles. The Morgan fingerprint density at radius 3 is 2.00 bits per heavy atom. The Morgan fingerprint density at radius 1 is 0.893 bits per heavy atom. The Bertz CT molecular complexity index is 974. The summed E-state index contributed by atoms with van der Waals surface area (Å²) in [5.74, 6) is 1.12. The van der Waals surface area contributed by atoms with Gasteiger partial charge < -0.3 is 24.3 Å². The Morgan fingerprint density at radius 2 is 1.46 bits per heavy atom. The van der Waals surface area contributed by atoms with Crippen LogP contribution in [0, 0.1) is 0 Å². The van der Waals surface area contributed by atoms with Crippen LogP contribution in [0.1, 0.15) is 15.9 Å². The summed E-state index contributed by atoms with van der Waals surface area (Å²) < 4.78 is 44.1. The molecule has 2 rings (SSSR count). The van der Waals surface area contributed by atoms with Crippen molar-refractivity contribution in [2.75, 3.05) is 28.4 Å². The van der Waals surface area contributed by atoms with Crippen LogP contribution in [-0.2, 0) is 16.6 Å². The van der Waals surface area contributed by atoms with Gasteiger partial charge in [0.1, 0.15) is 11.5 Å². The number of carbonyl (C=O) groups is 1. The first-order chi connectivity index (χ1) is 13.2. The molecule has 10 heteroatoms. The van der Waals surface area contributed by atoms with Crippen LogP contribution in [0.2, 0.25) is 0 Å². The molecule has 0 aliphatic carbocycles. The monoisotopic (exact) mass is 410 g/mol. The number of nitrogens with two attached hydrogens (primary N) is 1. The van der Waals surface area contributed by atoms with Crippen LogP contribution in [0.5, 0.6) is 23.0 Å². The van der Waals surface area contributed by atoms with Crippen molar-refractivity contribution in [3.05, 3.63) is 41.5 Å². The van der Waals surface area contributed by atoms with E-state index >= 15 is 0 Å². The lowest BCUT2D eigenvalue weighted by Crippen LogP contribution is -2.24. The average Bonchev–Trinajstić information content (AvgIpc) is 2.69. The zero-order chi connectivity index (χ0) is 20.9. The Kier molecular flexibility index (Phi) is 6.71. The number of rotatable bonds is 8. The standard InChI is InChI=1S/C18H22N2O7S/c1-24-14-6-5-12(28(19,22)23)8-13(14)18(21)20-10-11-7-16(26-3)17(27-4)9-15(11)25-2/h5-9H,10H2,1-4H3,(H,20,21)(H2,19,22,23). The van der Waals surface area contributed by atoms with Crippen LogP contribution >= 0.6 is 0 Å². The maximum atomic E-state index is 12.6. The highest BCUT2D eigenvalue weighted by atomic mass is 32.2. The van der Waals surface area contributed by atoms with Gasteiger partial charge in [-0.3, -0.25) is 4.79 Å². The molecular formula is C18H22N2O7S. The van der Waals surface area contributed by atoms with Crippen LogP contribution in [0.25, 0.3) is 0 Å². The fourth-order valence-corrected chi connectivity index (χ4v) is 3.08. The summed E-state index contributed by atoms with van der Waals surface area (Å²) in [5, 5.41) is 7.84. The van der Waals surface area contributed by atoms with Gasteiger partial charge in [0.2, 0.25) is 10.0 Å². The minimum absolute atomic E-state index is 0.0356.